The van der Waals surface area contributed by atoms with Gasteiger partial charge in [0.2, 0.25) is 0 Å². The number of halogens is 4. The minimum atomic E-state index is -0.933. The molecule has 0 nitrogen and oxygen atoms in total. The van der Waals surface area contributed by atoms with E-state index in [1.807, 2.05) is 0 Å². The molecule has 0 amide bonds. The average molecular weight is 461 g/mol. The molecule has 0 saturated heterocycles. The monoisotopic (exact) mass is 460 g/mol. The van der Waals surface area contributed by atoms with Crippen LogP contribution >= 0.6 is 0 Å². The van der Waals surface area contributed by atoms with E-state index in [-0.39, 0.29) is 10.9 Å². The van der Waals surface area contributed by atoms with E-state index in [1.165, 1.54) is 35.9 Å². The van der Waals surface area contributed by atoms with Gasteiger partial charge in [-0.3, -0.25) is 0 Å². The third-order valence-corrected chi connectivity index (χ3v) is 5.88. The van der Waals surface area contributed by atoms with Gasteiger partial charge in [0.25, 0.3) is 0 Å². The minimum absolute atomic E-state index is 0.128. The number of aryl methyl sites for hydroxylation is 3. The molecule has 0 spiro atoms. The Morgan fingerprint density at radius 2 is 1.26 bits per heavy atom. The summed E-state index contributed by atoms with van der Waals surface area (Å²) >= 11 is 0. The van der Waals surface area contributed by atoms with Crippen molar-refractivity contribution in [2.75, 3.05) is 0 Å². The Morgan fingerprint density at radius 1 is 0.618 bits per heavy atom. The molecule has 0 unspecified atom stereocenters. The second-order valence-corrected chi connectivity index (χ2v) is 8.40. The van der Waals surface area contributed by atoms with Crippen LogP contribution in [0, 0.1) is 35.1 Å². The van der Waals surface area contributed by atoms with Crippen LogP contribution in [-0.2, 0) is 19.3 Å². The maximum absolute atomic E-state index is 14.6. The molecule has 0 aliphatic carbocycles. The SMILES string of the molecule is CCCCc1ccc(CCc2cc(F)c(C#Cc3ccc4c(F)c(F)ccc4c3)c(F)c2)cc1. The highest BCUT2D eigenvalue weighted by molar-refractivity contribution is 5.84. The van der Waals surface area contributed by atoms with Crippen molar-refractivity contribution in [2.45, 2.75) is 39.0 Å². The molecular weight excluding hydrogens is 436 g/mol. The third kappa shape index (κ3) is 5.48. The maximum atomic E-state index is 14.6. The van der Waals surface area contributed by atoms with Gasteiger partial charge in [-0.2, -0.15) is 0 Å². The van der Waals surface area contributed by atoms with Crippen LogP contribution in [0.25, 0.3) is 10.8 Å². The van der Waals surface area contributed by atoms with Gasteiger partial charge >= 0.3 is 0 Å². The van der Waals surface area contributed by atoms with Crippen LogP contribution in [0.1, 0.15) is 47.6 Å². The lowest BCUT2D eigenvalue weighted by Gasteiger charge is -2.06. The smallest absolute Gasteiger partial charge is 0.166 e. The van der Waals surface area contributed by atoms with Gasteiger partial charge in [0.1, 0.15) is 11.6 Å². The van der Waals surface area contributed by atoms with Crippen molar-refractivity contribution >= 4 is 10.8 Å². The molecule has 4 aromatic carbocycles. The fraction of sp³-hybridized carbons (Fsp3) is 0.200. The molecular formula is C30H24F4. The maximum Gasteiger partial charge on any atom is 0.166 e. The zero-order valence-electron chi connectivity index (χ0n) is 18.9. The first-order valence-electron chi connectivity index (χ1n) is 11.4. The zero-order chi connectivity index (χ0) is 24.1. The van der Waals surface area contributed by atoms with Crippen molar-refractivity contribution < 1.29 is 17.6 Å². The van der Waals surface area contributed by atoms with Gasteiger partial charge in [0, 0.05) is 10.9 Å². The summed E-state index contributed by atoms with van der Waals surface area (Å²) in [6.07, 6.45) is 4.58. The molecule has 4 aromatic rings. The van der Waals surface area contributed by atoms with E-state index in [4.69, 9.17) is 0 Å². The lowest BCUT2D eigenvalue weighted by Crippen LogP contribution is -1.98. The van der Waals surface area contributed by atoms with E-state index in [2.05, 4.69) is 43.0 Å². The molecule has 4 rings (SSSR count). The Hall–Kier alpha value is -3.58. The Labute approximate surface area is 197 Å². The van der Waals surface area contributed by atoms with Gasteiger partial charge in [-0.25, -0.2) is 17.6 Å². The van der Waals surface area contributed by atoms with Gasteiger partial charge in [0.05, 0.1) is 5.56 Å². The van der Waals surface area contributed by atoms with Crippen molar-refractivity contribution in [3.05, 3.63) is 118 Å². The van der Waals surface area contributed by atoms with Crippen molar-refractivity contribution in [1.29, 1.82) is 0 Å². The Kier molecular flexibility index (Phi) is 7.33. The van der Waals surface area contributed by atoms with Crippen molar-refractivity contribution in [3.63, 3.8) is 0 Å². The molecule has 34 heavy (non-hydrogen) atoms. The summed E-state index contributed by atoms with van der Waals surface area (Å²) in [5, 5.41) is 0.586. The second kappa shape index (κ2) is 10.6. The number of unbranched alkanes of at least 4 members (excludes halogenated alkanes) is 1. The second-order valence-electron chi connectivity index (χ2n) is 8.40. The van der Waals surface area contributed by atoms with Crippen molar-refractivity contribution in [1.82, 2.24) is 0 Å². The number of hydrogen-bond donors (Lipinski definition) is 0. The Morgan fingerprint density at radius 3 is 1.94 bits per heavy atom. The summed E-state index contributed by atoms with van der Waals surface area (Å²) < 4.78 is 56.5. The minimum Gasteiger partial charge on any atom is -0.206 e. The van der Waals surface area contributed by atoms with Crippen LogP contribution in [0.15, 0.2) is 66.7 Å². The molecule has 0 radical (unpaired) electrons. The first-order valence-corrected chi connectivity index (χ1v) is 11.4. The number of fused-ring (bicyclic) bond motifs is 1. The van der Waals surface area contributed by atoms with Gasteiger partial charge in [-0.1, -0.05) is 61.6 Å². The first-order chi connectivity index (χ1) is 16.4. The topological polar surface area (TPSA) is 0 Å². The number of rotatable bonds is 6. The van der Waals surface area contributed by atoms with Gasteiger partial charge < -0.3 is 0 Å². The molecule has 0 fully saturated rings. The molecule has 0 heterocycles. The predicted octanol–water partition coefficient (Wildman–Crippen LogP) is 7.92. The molecule has 0 aliphatic heterocycles. The van der Waals surface area contributed by atoms with Gasteiger partial charge in [0.15, 0.2) is 11.6 Å². The average Bonchev–Trinajstić information content (AvgIpc) is 2.84. The van der Waals surface area contributed by atoms with Crippen molar-refractivity contribution in [2.24, 2.45) is 0 Å². The fourth-order valence-electron chi connectivity index (χ4n) is 3.91. The highest BCUT2D eigenvalue weighted by Crippen LogP contribution is 2.22. The van der Waals surface area contributed by atoms with E-state index in [0.29, 0.717) is 29.4 Å². The van der Waals surface area contributed by atoms with Crippen LogP contribution in [0.2, 0.25) is 0 Å². The molecule has 0 aromatic heterocycles. The summed E-state index contributed by atoms with van der Waals surface area (Å²) in [6, 6.07) is 17.9. The summed E-state index contributed by atoms with van der Waals surface area (Å²) in [5.74, 6) is 1.97. The summed E-state index contributed by atoms with van der Waals surface area (Å²) in [6.45, 7) is 2.17. The zero-order valence-corrected chi connectivity index (χ0v) is 18.9. The molecule has 0 bridgehead atoms. The van der Waals surface area contributed by atoms with E-state index >= 15 is 0 Å². The molecule has 172 valence electrons. The van der Waals surface area contributed by atoms with E-state index in [0.717, 1.165) is 30.9 Å². The lowest BCUT2D eigenvalue weighted by atomic mass is 10.0. The van der Waals surface area contributed by atoms with E-state index in [9.17, 15) is 17.6 Å². The fourth-order valence-corrected chi connectivity index (χ4v) is 3.91. The molecule has 0 saturated carbocycles. The van der Waals surface area contributed by atoms with Crippen LogP contribution < -0.4 is 0 Å². The number of hydrogen-bond acceptors (Lipinski definition) is 0. The standard InChI is InChI=1S/C30H24F4/c1-2-3-4-20-5-7-21(8-6-20)9-10-23-18-28(32)26(29(33)19-23)15-12-22-11-14-25-24(17-22)13-16-27(31)30(25)34/h5-8,11,13-14,16-19H,2-4,9-10H2,1H3. The van der Waals surface area contributed by atoms with Crippen LogP contribution in [0.3, 0.4) is 0 Å². The lowest BCUT2D eigenvalue weighted by molar-refractivity contribution is 0.517. The van der Waals surface area contributed by atoms with Gasteiger partial charge in [-0.15, -0.1) is 0 Å². The van der Waals surface area contributed by atoms with E-state index in [1.54, 1.807) is 6.07 Å². The first kappa shape index (κ1) is 23.6. The van der Waals surface area contributed by atoms with Crippen LogP contribution in [0.4, 0.5) is 17.6 Å². The quantitative estimate of drug-likeness (QED) is 0.202. The summed E-state index contributed by atoms with van der Waals surface area (Å²) in [4.78, 5) is 0. The van der Waals surface area contributed by atoms with E-state index < -0.39 is 23.3 Å². The molecule has 4 heteroatoms. The highest BCUT2D eigenvalue weighted by Gasteiger charge is 2.10. The Balaban J connectivity index is 1.47. The molecule has 0 atom stereocenters. The van der Waals surface area contributed by atoms with Crippen molar-refractivity contribution in [3.8, 4) is 11.8 Å². The molecule has 0 aliphatic rings. The van der Waals surface area contributed by atoms with Gasteiger partial charge in [-0.05, 0) is 78.1 Å². The Bertz CT molecular complexity index is 1350. The third-order valence-electron chi connectivity index (χ3n) is 5.88. The predicted molar refractivity (Wildman–Crippen MR) is 129 cm³/mol. The van der Waals surface area contributed by atoms with Crippen LogP contribution in [0.5, 0.6) is 0 Å². The highest BCUT2D eigenvalue weighted by atomic mass is 19.2. The summed E-state index contributed by atoms with van der Waals surface area (Å²) in [5.41, 5.74) is 3.13. The number of benzene rings is 4. The largest absolute Gasteiger partial charge is 0.206 e. The van der Waals surface area contributed by atoms with Crippen LogP contribution in [-0.4, -0.2) is 0 Å². The molecule has 0 N–H and O–H groups in total. The normalized spacial score (nSPS) is 10.9. The summed E-state index contributed by atoms with van der Waals surface area (Å²) in [7, 11) is 0.